The van der Waals surface area contributed by atoms with Crippen molar-refractivity contribution < 1.29 is 14.7 Å². The van der Waals surface area contributed by atoms with Gasteiger partial charge in [0.15, 0.2) is 5.84 Å². The number of benzene rings is 1. The number of carboxylic acids is 1. The number of carboxylic acid groups (broad SMARTS) is 1. The largest absolute Gasteiger partial charge is 0.479 e. The molecule has 0 aliphatic carbocycles. The first-order valence-electron chi connectivity index (χ1n) is 5.16. The Hall–Kier alpha value is -1.79. The Morgan fingerprint density at radius 2 is 2.06 bits per heavy atom. The molecule has 98 valence electrons. The van der Waals surface area contributed by atoms with Gasteiger partial charge < -0.3 is 21.4 Å². The van der Waals surface area contributed by atoms with E-state index in [1.165, 1.54) is 0 Å². The first-order chi connectivity index (χ1) is 8.49. The number of oxime groups is 1. The first kappa shape index (κ1) is 14.3. The molecule has 0 aromatic heterocycles. The molecule has 0 bridgehead atoms. The maximum absolute atomic E-state index is 10.2. The number of nitrogens with two attached hydrogens (primary N) is 2. The maximum Gasteiger partial charge on any atom is 0.344 e. The molecule has 1 rings (SSSR count). The summed E-state index contributed by atoms with van der Waals surface area (Å²) >= 11 is 5.75. The van der Waals surface area contributed by atoms with Gasteiger partial charge >= 0.3 is 5.97 Å². The lowest BCUT2D eigenvalue weighted by molar-refractivity contribution is -0.142. The van der Waals surface area contributed by atoms with Crippen LogP contribution in [0.5, 0.6) is 0 Å². The van der Waals surface area contributed by atoms with Crippen LogP contribution in [0.2, 0.25) is 5.02 Å². The number of rotatable bonds is 6. The molecule has 0 heterocycles. The van der Waals surface area contributed by atoms with Gasteiger partial charge in [0.1, 0.15) is 0 Å². The Balaban J connectivity index is 2.51. The van der Waals surface area contributed by atoms with Gasteiger partial charge in [-0.2, -0.15) is 0 Å². The van der Waals surface area contributed by atoms with Crippen LogP contribution in [0.1, 0.15) is 5.56 Å². The minimum absolute atomic E-state index is 0.0474. The summed E-state index contributed by atoms with van der Waals surface area (Å²) in [7, 11) is 0. The van der Waals surface area contributed by atoms with Crippen LogP contribution < -0.4 is 11.5 Å². The molecule has 0 amide bonds. The zero-order valence-corrected chi connectivity index (χ0v) is 10.3. The van der Waals surface area contributed by atoms with Gasteiger partial charge in [-0.3, -0.25) is 0 Å². The Labute approximate surface area is 109 Å². The Morgan fingerprint density at radius 3 is 2.61 bits per heavy atom. The van der Waals surface area contributed by atoms with Crippen molar-refractivity contribution in [2.24, 2.45) is 16.6 Å². The van der Waals surface area contributed by atoms with Crippen molar-refractivity contribution in [3.8, 4) is 0 Å². The van der Waals surface area contributed by atoms with E-state index in [0.29, 0.717) is 11.4 Å². The molecule has 1 aromatic carbocycles. The van der Waals surface area contributed by atoms with E-state index in [-0.39, 0.29) is 5.84 Å². The van der Waals surface area contributed by atoms with Crippen LogP contribution in [-0.4, -0.2) is 29.6 Å². The summed E-state index contributed by atoms with van der Waals surface area (Å²) in [5.74, 6) is -1.08. The molecule has 0 unspecified atom stereocenters. The SMILES string of the molecule is N/C(=N\OCC(=O)O)[C@@H](N)Cc1ccc(Cl)cc1. The highest BCUT2D eigenvalue weighted by atomic mass is 35.5. The summed E-state index contributed by atoms with van der Waals surface area (Å²) in [4.78, 5) is 14.7. The normalized spacial score (nSPS) is 13.1. The molecule has 0 aliphatic rings. The number of hydrogen-bond acceptors (Lipinski definition) is 4. The fraction of sp³-hybridized carbons (Fsp3) is 0.273. The van der Waals surface area contributed by atoms with E-state index in [0.717, 1.165) is 5.56 Å². The van der Waals surface area contributed by atoms with Crippen LogP contribution >= 0.6 is 11.6 Å². The van der Waals surface area contributed by atoms with Gasteiger partial charge in [0.2, 0.25) is 6.61 Å². The summed E-state index contributed by atoms with van der Waals surface area (Å²) in [6.07, 6.45) is 0.461. The van der Waals surface area contributed by atoms with Gasteiger partial charge in [-0.15, -0.1) is 0 Å². The highest BCUT2D eigenvalue weighted by molar-refractivity contribution is 6.30. The van der Waals surface area contributed by atoms with E-state index in [9.17, 15) is 4.79 Å². The number of halogens is 1. The topological polar surface area (TPSA) is 111 Å². The van der Waals surface area contributed by atoms with Crippen molar-refractivity contribution in [3.63, 3.8) is 0 Å². The second-order valence-electron chi connectivity index (χ2n) is 3.62. The summed E-state index contributed by atoms with van der Waals surface area (Å²) in [5.41, 5.74) is 12.3. The molecule has 1 aromatic rings. The monoisotopic (exact) mass is 271 g/mol. The lowest BCUT2D eigenvalue weighted by atomic mass is 10.1. The van der Waals surface area contributed by atoms with Crippen molar-refractivity contribution in [3.05, 3.63) is 34.9 Å². The molecule has 0 saturated heterocycles. The smallest absolute Gasteiger partial charge is 0.344 e. The molecule has 0 radical (unpaired) electrons. The van der Waals surface area contributed by atoms with Gasteiger partial charge in [0, 0.05) is 5.02 Å². The number of aliphatic carboxylic acids is 1. The summed E-state index contributed by atoms with van der Waals surface area (Å²) in [6, 6.07) is 6.61. The number of nitrogens with zero attached hydrogens (tertiary/aromatic N) is 1. The molecular weight excluding hydrogens is 258 g/mol. The third-order valence-electron chi connectivity index (χ3n) is 2.11. The van der Waals surface area contributed by atoms with Crippen LogP contribution in [0, 0.1) is 0 Å². The molecule has 7 heteroatoms. The van der Waals surface area contributed by atoms with Crippen molar-refractivity contribution in [2.75, 3.05) is 6.61 Å². The molecule has 0 aliphatic heterocycles. The molecule has 1 atom stereocenters. The third kappa shape index (κ3) is 5.03. The van der Waals surface area contributed by atoms with E-state index >= 15 is 0 Å². The van der Waals surface area contributed by atoms with Crippen molar-refractivity contribution in [1.29, 1.82) is 0 Å². The van der Waals surface area contributed by atoms with Gasteiger partial charge in [-0.1, -0.05) is 28.9 Å². The molecule has 18 heavy (non-hydrogen) atoms. The zero-order chi connectivity index (χ0) is 13.5. The lowest BCUT2D eigenvalue weighted by Gasteiger charge is -2.10. The molecule has 0 spiro atoms. The quantitative estimate of drug-likeness (QED) is 0.398. The Morgan fingerprint density at radius 1 is 1.44 bits per heavy atom. The first-order valence-corrected chi connectivity index (χ1v) is 5.54. The second kappa shape index (κ2) is 6.83. The lowest BCUT2D eigenvalue weighted by Crippen LogP contribution is -2.38. The van der Waals surface area contributed by atoms with Crippen LogP contribution in [-0.2, 0) is 16.1 Å². The highest BCUT2D eigenvalue weighted by Gasteiger charge is 2.09. The average molecular weight is 272 g/mol. The van der Waals surface area contributed by atoms with Crippen LogP contribution in [0.15, 0.2) is 29.4 Å². The fourth-order valence-corrected chi connectivity index (χ4v) is 1.33. The fourth-order valence-electron chi connectivity index (χ4n) is 1.21. The molecule has 0 fully saturated rings. The summed E-state index contributed by atoms with van der Waals surface area (Å²) in [6.45, 7) is -0.547. The van der Waals surface area contributed by atoms with E-state index in [1.807, 2.05) is 12.1 Å². The van der Waals surface area contributed by atoms with E-state index < -0.39 is 18.6 Å². The van der Waals surface area contributed by atoms with E-state index in [1.54, 1.807) is 12.1 Å². The molecule has 0 saturated carbocycles. The van der Waals surface area contributed by atoms with Crippen LogP contribution in [0.4, 0.5) is 0 Å². The van der Waals surface area contributed by atoms with Gasteiger partial charge in [0.05, 0.1) is 6.04 Å². The Kier molecular flexibility index (Phi) is 5.41. The minimum Gasteiger partial charge on any atom is -0.479 e. The second-order valence-corrected chi connectivity index (χ2v) is 4.06. The van der Waals surface area contributed by atoms with E-state index in [4.69, 9.17) is 28.2 Å². The van der Waals surface area contributed by atoms with Gasteiger partial charge in [0.25, 0.3) is 0 Å². The molecule has 6 nitrogen and oxygen atoms in total. The van der Waals surface area contributed by atoms with Crippen molar-refractivity contribution in [1.82, 2.24) is 0 Å². The summed E-state index contributed by atoms with van der Waals surface area (Å²) < 4.78 is 0. The number of carbonyl (C=O) groups is 1. The maximum atomic E-state index is 10.2. The zero-order valence-electron chi connectivity index (χ0n) is 9.54. The van der Waals surface area contributed by atoms with Crippen LogP contribution in [0.25, 0.3) is 0 Å². The standard InChI is InChI=1S/C11H14ClN3O3/c12-8-3-1-7(2-4-8)5-9(13)11(14)15-18-6-10(16)17/h1-4,9H,5-6,13H2,(H2,14,15)(H,16,17)/t9-/m0/s1. The predicted octanol–water partition coefficient (Wildman–Crippen LogP) is 0.583. The summed E-state index contributed by atoms with van der Waals surface area (Å²) in [5, 5.41) is 12.4. The number of amidine groups is 1. The molecular formula is C11H14ClN3O3. The minimum atomic E-state index is -1.13. The van der Waals surface area contributed by atoms with Gasteiger partial charge in [-0.05, 0) is 24.1 Å². The Bertz CT molecular complexity index is 434. The highest BCUT2D eigenvalue weighted by Crippen LogP contribution is 2.10. The van der Waals surface area contributed by atoms with Crippen LogP contribution in [0.3, 0.4) is 0 Å². The molecule has 5 N–H and O–H groups in total. The van der Waals surface area contributed by atoms with E-state index in [2.05, 4.69) is 9.99 Å². The number of hydrogen-bond donors (Lipinski definition) is 3. The average Bonchev–Trinajstić information content (AvgIpc) is 2.31. The van der Waals surface area contributed by atoms with Crippen molar-refractivity contribution in [2.45, 2.75) is 12.5 Å². The predicted molar refractivity (Wildman–Crippen MR) is 68.3 cm³/mol. The van der Waals surface area contributed by atoms with Crippen molar-refractivity contribution >= 4 is 23.4 Å². The third-order valence-corrected chi connectivity index (χ3v) is 2.36. The van der Waals surface area contributed by atoms with Gasteiger partial charge in [-0.25, -0.2) is 4.79 Å².